The topological polar surface area (TPSA) is 63.8 Å². The number of hydrogen-bond donors (Lipinski definition) is 2. The van der Waals surface area contributed by atoms with E-state index in [1.807, 2.05) is 6.92 Å². The number of rotatable bonds is 3. The predicted octanol–water partition coefficient (Wildman–Crippen LogP) is 2.95. The van der Waals surface area contributed by atoms with Crippen molar-refractivity contribution in [2.75, 3.05) is 11.1 Å². The van der Waals surface area contributed by atoms with E-state index in [4.69, 9.17) is 5.73 Å². The van der Waals surface area contributed by atoms with Crippen LogP contribution in [0.2, 0.25) is 0 Å². The molecule has 0 atom stereocenters. The third-order valence-electron chi connectivity index (χ3n) is 2.73. The third-order valence-corrected chi connectivity index (χ3v) is 2.73. The second-order valence-electron chi connectivity index (χ2n) is 4.11. The maximum atomic E-state index is 13.1. The van der Waals surface area contributed by atoms with Crippen LogP contribution in [0, 0.1) is 18.6 Å². The molecule has 6 heteroatoms. The van der Waals surface area contributed by atoms with Gasteiger partial charge in [-0.2, -0.15) is 0 Å². The van der Waals surface area contributed by atoms with Gasteiger partial charge in [0.2, 0.25) is 0 Å². The zero-order valence-electron chi connectivity index (χ0n) is 10.7. The van der Waals surface area contributed by atoms with Crippen molar-refractivity contribution >= 4 is 17.3 Å². The van der Waals surface area contributed by atoms with E-state index >= 15 is 0 Å². The molecule has 0 saturated carbocycles. The summed E-state index contributed by atoms with van der Waals surface area (Å²) in [4.78, 5) is 8.40. The predicted molar refractivity (Wildman–Crippen MR) is 70.2 cm³/mol. The quantitative estimate of drug-likeness (QED) is 0.894. The number of nitrogens with two attached hydrogens (primary N) is 1. The Labute approximate surface area is 109 Å². The summed E-state index contributed by atoms with van der Waals surface area (Å²) < 4.78 is 26.0. The van der Waals surface area contributed by atoms with Gasteiger partial charge in [-0.15, -0.1) is 0 Å². The molecular formula is C13H14F2N4. The van der Waals surface area contributed by atoms with Crippen LogP contribution in [-0.4, -0.2) is 9.97 Å². The fourth-order valence-electron chi connectivity index (χ4n) is 1.57. The first-order valence-corrected chi connectivity index (χ1v) is 5.86. The summed E-state index contributed by atoms with van der Waals surface area (Å²) in [6, 6.07) is 3.55. The summed E-state index contributed by atoms with van der Waals surface area (Å²) in [5.74, 6) is -0.348. The van der Waals surface area contributed by atoms with Crippen molar-refractivity contribution < 1.29 is 8.78 Å². The lowest BCUT2D eigenvalue weighted by Crippen LogP contribution is -2.06. The lowest BCUT2D eigenvalue weighted by atomic mass is 10.2. The Morgan fingerprint density at radius 3 is 2.58 bits per heavy atom. The average molecular weight is 264 g/mol. The second kappa shape index (κ2) is 5.17. The number of aromatic nitrogens is 2. The van der Waals surface area contributed by atoms with Crippen LogP contribution in [0.5, 0.6) is 0 Å². The van der Waals surface area contributed by atoms with Crippen LogP contribution in [0.4, 0.5) is 26.1 Å². The van der Waals surface area contributed by atoms with E-state index in [9.17, 15) is 8.78 Å². The van der Waals surface area contributed by atoms with Gasteiger partial charge in [-0.25, -0.2) is 18.7 Å². The minimum atomic E-state index is -0.916. The van der Waals surface area contributed by atoms with Crippen molar-refractivity contribution in [2.24, 2.45) is 0 Å². The van der Waals surface area contributed by atoms with Crippen LogP contribution in [0.15, 0.2) is 18.2 Å². The molecule has 2 aromatic rings. The molecule has 0 aliphatic heterocycles. The Kier molecular flexibility index (Phi) is 3.59. The summed E-state index contributed by atoms with van der Waals surface area (Å²) in [6.07, 6.45) is 0.636. The van der Waals surface area contributed by atoms with Crippen LogP contribution in [-0.2, 0) is 6.42 Å². The van der Waals surface area contributed by atoms with Crippen LogP contribution < -0.4 is 11.1 Å². The van der Waals surface area contributed by atoms with Crippen molar-refractivity contribution in [3.63, 3.8) is 0 Å². The fraction of sp³-hybridized carbons (Fsp3) is 0.231. The molecule has 3 N–H and O–H groups in total. The first-order valence-electron chi connectivity index (χ1n) is 5.86. The molecular weight excluding hydrogens is 250 g/mol. The molecule has 0 saturated heterocycles. The summed E-state index contributed by atoms with van der Waals surface area (Å²) >= 11 is 0. The zero-order valence-corrected chi connectivity index (χ0v) is 10.7. The molecule has 0 bridgehead atoms. The molecule has 0 spiro atoms. The van der Waals surface area contributed by atoms with Gasteiger partial charge in [-0.3, -0.25) is 0 Å². The Balaban J connectivity index is 2.37. The van der Waals surface area contributed by atoms with Crippen molar-refractivity contribution in [3.05, 3.63) is 41.2 Å². The van der Waals surface area contributed by atoms with E-state index in [0.717, 1.165) is 12.1 Å². The molecule has 0 fully saturated rings. The molecule has 2 rings (SSSR count). The maximum absolute atomic E-state index is 13.1. The van der Waals surface area contributed by atoms with E-state index in [1.54, 1.807) is 6.92 Å². The number of halogens is 2. The first kappa shape index (κ1) is 13.2. The molecule has 1 heterocycles. The summed E-state index contributed by atoms with van der Waals surface area (Å²) in [5.41, 5.74) is 6.85. The number of nitrogens with zero attached hydrogens (tertiary/aromatic N) is 2. The molecule has 4 nitrogen and oxygen atoms in total. The molecule has 0 radical (unpaired) electrons. The van der Waals surface area contributed by atoms with Crippen molar-refractivity contribution in [1.29, 1.82) is 0 Å². The molecule has 1 aromatic carbocycles. The highest BCUT2D eigenvalue weighted by atomic mass is 19.2. The first-order chi connectivity index (χ1) is 9.01. The van der Waals surface area contributed by atoms with Crippen LogP contribution in [0.3, 0.4) is 0 Å². The summed E-state index contributed by atoms with van der Waals surface area (Å²) in [7, 11) is 0. The fourth-order valence-corrected chi connectivity index (χ4v) is 1.57. The number of aryl methyl sites for hydroxylation is 1. The Morgan fingerprint density at radius 1 is 1.21 bits per heavy atom. The molecule has 0 unspecified atom stereocenters. The van der Waals surface area contributed by atoms with Gasteiger partial charge < -0.3 is 11.1 Å². The lowest BCUT2D eigenvalue weighted by molar-refractivity contribution is 0.509. The van der Waals surface area contributed by atoms with Crippen molar-refractivity contribution in [1.82, 2.24) is 9.97 Å². The van der Waals surface area contributed by atoms with E-state index in [2.05, 4.69) is 15.3 Å². The average Bonchev–Trinajstić information content (AvgIpc) is 2.39. The van der Waals surface area contributed by atoms with Crippen LogP contribution >= 0.6 is 0 Å². The standard InChI is InChI=1S/C13H14F2N4/c1-3-11-18-12(16)7(2)13(19-11)17-8-4-5-9(14)10(15)6-8/h4-6H,3H2,1-2H3,(H3,16,17,18,19). The SMILES string of the molecule is CCc1nc(N)c(C)c(Nc2ccc(F)c(F)c2)n1. The van der Waals surface area contributed by atoms with Gasteiger partial charge in [0.05, 0.1) is 0 Å². The minimum absolute atomic E-state index is 0.372. The molecule has 100 valence electrons. The molecule has 0 amide bonds. The summed E-state index contributed by atoms with van der Waals surface area (Å²) in [5, 5.41) is 2.92. The number of nitrogen functional groups attached to an aromatic ring is 1. The van der Waals surface area contributed by atoms with Gasteiger partial charge in [0.15, 0.2) is 11.6 Å². The number of anilines is 3. The van der Waals surface area contributed by atoms with Crippen LogP contribution in [0.1, 0.15) is 18.3 Å². The number of hydrogen-bond acceptors (Lipinski definition) is 4. The Morgan fingerprint density at radius 2 is 1.95 bits per heavy atom. The highest BCUT2D eigenvalue weighted by molar-refractivity contribution is 5.63. The van der Waals surface area contributed by atoms with Gasteiger partial charge in [0.1, 0.15) is 17.5 Å². The second-order valence-corrected chi connectivity index (χ2v) is 4.11. The molecule has 19 heavy (non-hydrogen) atoms. The molecule has 0 aliphatic rings. The zero-order chi connectivity index (χ0) is 14.0. The highest BCUT2D eigenvalue weighted by Gasteiger charge is 2.09. The van der Waals surface area contributed by atoms with E-state index in [1.165, 1.54) is 6.07 Å². The minimum Gasteiger partial charge on any atom is -0.383 e. The summed E-state index contributed by atoms with van der Waals surface area (Å²) in [6.45, 7) is 3.67. The largest absolute Gasteiger partial charge is 0.383 e. The van der Waals surface area contributed by atoms with Gasteiger partial charge in [-0.1, -0.05) is 6.92 Å². The Hall–Kier alpha value is -2.24. The highest BCUT2D eigenvalue weighted by Crippen LogP contribution is 2.23. The van der Waals surface area contributed by atoms with Crippen LogP contribution in [0.25, 0.3) is 0 Å². The maximum Gasteiger partial charge on any atom is 0.160 e. The molecule has 1 aromatic heterocycles. The Bertz CT molecular complexity index is 614. The van der Waals surface area contributed by atoms with Gasteiger partial charge >= 0.3 is 0 Å². The van der Waals surface area contributed by atoms with Gasteiger partial charge in [0, 0.05) is 23.7 Å². The van der Waals surface area contributed by atoms with Gasteiger partial charge in [-0.05, 0) is 19.1 Å². The van der Waals surface area contributed by atoms with Crippen molar-refractivity contribution in [2.45, 2.75) is 20.3 Å². The number of nitrogens with one attached hydrogen (secondary N) is 1. The van der Waals surface area contributed by atoms with E-state index in [0.29, 0.717) is 35.1 Å². The lowest BCUT2D eigenvalue weighted by Gasteiger charge is -2.11. The third kappa shape index (κ3) is 2.78. The number of benzene rings is 1. The van der Waals surface area contributed by atoms with Crippen molar-refractivity contribution in [3.8, 4) is 0 Å². The van der Waals surface area contributed by atoms with Gasteiger partial charge in [0.25, 0.3) is 0 Å². The van der Waals surface area contributed by atoms with E-state index < -0.39 is 11.6 Å². The normalized spacial score (nSPS) is 10.5. The smallest absolute Gasteiger partial charge is 0.160 e. The monoisotopic (exact) mass is 264 g/mol. The molecule has 0 aliphatic carbocycles. The van der Waals surface area contributed by atoms with E-state index in [-0.39, 0.29) is 0 Å².